The van der Waals surface area contributed by atoms with Crippen molar-refractivity contribution in [1.29, 1.82) is 0 Å². The number of hydrogen-bond donors (Lipinski definition) is 1. The summed E-state index contributed by atoms with van der Waals surface area (Å²) in [5.74, 6) is 0.740. The third-order valence-electron chi connectivity index (χ3n) is 3.96. The molecule has 2 nitrogen and oxygen atoms in total. The van der Waals surface area contributed by atoms with Gasteiger partial charge in [0.15, 0.2) is 0 Å². The normalized spacial score (nSPS) is 18.3. The minimum atomic E-state index is 0.325. The minimum Gasteiger partial charge on any atom is -0.376 e. The average molecular weight is 261 g/mol. The molecule has 0 heterocycles. The zero-order chi connectivity index (χ0) is 13.8. The molecule has 0 amide bonds. The van der Waals surface area contributed by atoms with E-state index in [-0.39, 0.29) is 0 Å². The summed E-state index contributed by atoms with van der Waals surface area (Å²) in [7, 11) is 0. The van der Waals surface area contributed by atoms with E-state index >= 15 is 0 Å². The summed E-state index contributed by atoms with van der Waals surface area (Å²) >= 11 is 0. The number of likely N-dealkylation sites (N-methyl/N-ethyl adjacent to an activating group) is 1. The van der Waals surface area contributed by atoms with Crippen LogP contribution in [-0.2, 0) is 4.74 Å². The number of aryl methyl sites for hydroxylation is 2. The summed E-state index contributed by atoms with van der Waals surface area (Å²) in [5.41, 5.74) is 4.10. The van der Waals surface area contributed by atoms with E-state index in [0.29, 0.717) is 12.1 Å². The molecular weight excluding hydrogens is 234 g/mol. The van der Waals surface area contributed by atoms with Crippen molar-refractivity contribution >= 4 is 0 Å². The Balaban J connectivity index is 2.26. The first-order valence-electron chi connectivity index (χ1n) is 7.59. The molecule has 0 bridgehead atoms. The van der Waals surface area contributed by atoms with Gasteiger partial charge in [0.05, 0.1) is 12.1 Å². The SMILES string of the molecule is CCNC(c1ccc(C)cc1C)C(OCC)C1CC1. The van der Waals surface area contributed by atoms with E-state index in [1.165, 1.54) is 29.5 Å². The van der Waals surface area contributed by atoms with Crippen molar-refractivity contribution in [3.63, 3.8) is 0 Å². The van der Waals surface area contributed by atoms with Crippen LogP contribution < -0.4 is 5.32 Å². The molecule has 19 heavy (non-hydrogen) atoms. The Morgan fingerprint density at radius 1 is 1.26 bits per heavy atom. The van der Waals surface area contributed by atoms with Crippen LogP contribution in [0.1, 0.15) is 49.4 Å². The molecule has 0 aliphatic heterocycles. The molecule has 1 fully saturated rings. The van der Waals surface area contributed by atoms with Gasteiger partial charge in [-0.2, -0.15) is 0 Å². The van der Waals surface area contributed by atoms with Gasteiger partial charge in [0, 0.05) is 6.61 Å². The fourth-order valence-electron chi connectivity index (χ4n) is 2.92. The van der Waals surface area contributed by atoms with E-state index in [0.717, 1.165) is 19.1 Å². The molecule has 1 aliphatic carbocycles. The molecule has 106 valence electrons. The van der Waals surface area contributed by atoms with E-state index in [4.69, 9.17) is 4.74 Å². The molecule has 2 rings (SSSR count). The first-order valence-corrected chi connectivity index (χ1v) is 7.59. The highest BCUT2D eigenvalue weighted by Crippen LogP contribution is 2.40. The minimum absolute atomic E-state index is 0.325. The van der Waals surface area contributed by atoms with Gasteiger partial charge in [0.1, 0.15) is 0 Å². The fraction of sp³-hybridized carbons (Fsp3) is 0.647. The summed E-state index contributed by atoms with van der Waals surface area (Å²) in [4.78, 5) is 0. The van der Waals surface area contributed by atoms with Crippen LogP contribution in [0.25, 0.3) is 0 Å². The summed E-state index contributed by atoms with van der Waals surface area (Å²) in [5, 5.41) is 3.64. The second-order valence-corrected chi connectivity index (χ2v) is 5.65. The number of hydrogen-bond acceptors (Lipinski definition) is 2. The molecule has 1 aliphatic rings. The lowest BCUT2D eigenvalue weighted by atomic mass is 9.93. The van der Waals surface area contributed by atoms with Gasteiger partial charge in [-0.05, 0) is 57.2 Å². The Hall–Kier alpha value is -0.860. The molecular formula is C17H27NO. The van der Waals surface area contributed by atoms with Gasteiger partial charge in [0.2, 0.25) is 0 Å². The molecule has 0 aromatic heterocycles. The van der Waals surface area contributed by atoms with E-state index in [9.17, 15) is 0 Å². The quantitative estimate of drug-likeness (QED) is 0.806. The number of nitrogens with one attached hydrogen (secondary N) is 1. The van der Waals surface area contributed by atoms with Gasteiger partial charge >= 0.3 is 0 Å². The highest BCUT2D eigenvalue weighted by molar-refractivity contribution is 5.33. The summed E-state index contributed by atoms with van der Waals surface area (Å²) in [6.45, 7) is 10.4. The predicted molar refractivity (Wildman–Crippen MR) is 80.5 cm³/mol. The Morgan fingerprint density at radius 2 is 2.00 bits per heavy atom. The van der Waals surface area contributed by atoms with Crippen LogP contribution in [0.15, 0.2) is 18.2 Å². The maximum Gasteiger partial charge on any atom is 0.0797 e. The van der Waals surface area contributed by atoms with Gasteiger partial charge in [-0.15, -0.1) is 0 Å². The molecule has 0 radical (unpaired) electrons. The monoisotopic (exact) mass is 261 g/mol. The zero-order valence-electron chi connectivity index (χ0n) is 12.7. The van der Waals surface area contributed by atoms with Crippen LogP contribution >= 0.6 is 0 Å². The van der Waals surface area contributed by atoms with Gasteiger partial charge in [-0.3, -0.25) is 0 Å². The largest absolute Gasteiger partial charge is 0.376 e. The van der Waals surface area contributed by atoms with Crippen LogP contribution in [0.5, 0.6) is 0 Å². The molecule has 1 saturated carbocycles. The topological polar surface area (TPSA) is 21.3 Å². The van der Waals surface area contributed by atoms with Crippen LogP contribution in [-0.4, -0.2) is 19.3 Å². The van der Waals surface area contributed by atoms with E-state index < -0.39 is 0 Å². The average Bonchev–Trinajstić information content (AvgIpc) is 3.18. The van der Waals surface area contributed by atoms with E-state index in [2.05, 4.69) is 51.2 Å². The highest BCUT2D eigenvalue weighted by atomic mass is 16.5. The highest BCUT2D eigenvalue weighted by Gasteiger charge is 2.38. The maximum atomic E-state index is 6.06. The smallest absolute Gasteiger partial charge is 0.0797 e. The molecule has 1 aromatic rings. The number of benzene rings is 1. The van der Waals surface area contributed by atoms with E-state index in [1.54, 1.807) is 0 Å². The molecule has 2 atom stereocenters. The summed E-state index contributed by atoms with van der Waals surface area (Å²) in [6, 6.07) is 7.09. The molecule has 2 heteroatoms. The van der Waals surface area contributed by atoms with Gasteiger partial charge in [-0.25, -0.2) is 0 Å². The number of rotatable bonds is 7. The predicted octanol–water partition coefficient (Wildman–Crippen LogP) is 3.77. The molecule has 0 saturated heterocycles. The lowest BCUT2D eigenvalue weighted by Crippen LogP contribution is -2.36. The second kappa shape index (κ2) is 6.53. The number of ether oxygens (including phenoxy) is 1. The molecule has 0 spiro atoms. The van der Waals surface area contributed by atoms with Crippen molar-refractivity contribution < 1.29 is 4.74 Å². The zero-order valence-corrected chi connectivity index (χ0v) is 12.7. The third-order valence-corrected chi connectivity index (χ3v) is 3.96. The van der Waals surface area contributed by atoms with Crippen molar-refractivity contribution in [2.75, 3.05) is 13.2 Å². The Kier molecular flexibility index (Phi) is 5.00. The molecule has 1 aromatic carbocycles. The van der Waals surface area contributed by atoms with Crippen molar-refractivity contribution in [2.45, 2.75) is 52.7 Å². The Labute approximate surface area is 117 Å². The maximum absolute atomic E-state index is 6.06. The Bertz CT molecular complexity index is 412. The summed E-state index contributed by atoms with van der Waals surface area (Å²) < 4.78 is 6.06. The van der Waals surface area contributed by atoms with Gasteiger partial charge in [-0.1, -0.05) is 30.7 Å². The molecule has 2 unspecified atom stereocenters. The van der Waals surface area contributed by atoms with Crippen molar-refractivity contribution in [1.82, 2.24) is 5.32 Å². The van der Waals surface area contributed by atoms with Crippen LogP contribution in [0.2, 0.25) is 0 Å². The lowest BCUT2D eigenvalue weighted by Gasteiger charge is -2.29. The second-order valence-electron chi connectivity index (χ2n) is 5.65. The fourth-order valence-corrected chi connectivity index (χ4v) is 2.92. The first kappa shape index (κ1) is 14.5. The van der Waals surface area contributed by atoms with Crippen molar-refractivity contribution in [3.8, 4) is 0 Å². The van der Waals surface area contributed by atoms with Gasteiger partial charge < -0.3 is 10.1 Å². The van der Waals surface area contributed by atoms with Gasteiger partial charge in [0.25, 0.3) is 0 Å². The first-order chi connectivity index (χ1) is 9.17. The van der Waals surface area contributed by atoms with Crippen LogP contribution in [0, 0.1) is 19.8 Å². The van der Waals surface area contributed by atoms with Crippen LogP contribution in [0.4, 0.5) is 0 Å². The van der Waals surface area contributed by atoms with Crippen molar-refractivity contribution in [3.05, 3.63) is 34.9 Å². The third kappa shape index (κ3) is 3.58. The summed E-state index contributed by atoms with van der Waals surface area (Å²) in [6.07, 6.45) is 2.96. The standard InChI is InChI=1S/C17H27NO/c1-5-18-16(17(19-6-2)14-8-9-14)15-10-7-12(3)11-13(15)4/h7,10-11,14,16-18H,5-6,8-9H2,1-4H3. The van der Waals surface area contributed by atoms with Crippen molar-refractivity contribution in [2.24, 2.45) is 5.92 Å². The van der Waals surface area contributed by atoms with E-state index in [1.807, 2.05) is 0 Å². The Morgan fingerprint density at radius 3 is 2.53 bits per heavy atom. The lowest BCUT2D eigenvalue weighted by molar-refractivity contribution is 0.0188. The molecule has 1 N–H and O–H groups in total. The van der Waals surface area contributed by atoms with Crippen LogP contribution in [0.3, 0.4) is 0 Å².